The summed E-state index contributed by atoms with van der Waals surface area (Å²) in [6.45, 7) is 0. The van der Waals surface area contributed by atoms with Gasteiger partial charge in [0, 0.05) is 29.1 Å². The molecule has 2 aromatic carbocycles. The molecule has 0 unspecified atom stereocenters. The number of H-pyrrole nitrogens is 1. The molecule has 3 aromatic rings. The molecule has 0 saturated heterocycles. The van der Waals surface area contributed by atoms with E-state index in [-0.39, 0.29) is 5.48 Å². The average Bonchev–Trinajstić information content (AvgIpc) is 3.03. The highest BCUT2D eigenvalue weighted by Gasteiger charge is 2.13. The van der Waals surface area contributed by atoms with Crippen molar-refractivity contribution >= 4 is 23.2 Å². The van der Waals surface area contributed by atoms with E-state index >= 15 is 0 Å². The van der Waals surface area contributed by atoms with E-state index in [1.54, 1.807) is 25.3 Å². The van der Waals surface area contributed by atoms with Gasteiger partial charge in [-0.05, 0) is 41.5 Å². The van der Waals surface area contributed by atoms with Crippen LogP contribution in [-0.4, -0.2) is 36.9 Å². The second-order valence-electron chi connectivity index (χ2n) is 5.43. The van der Waals surface area contributed by atoms with Crippen LogP contribution in [0.1, 0.15) is 31.8 Å². The molecule has 0 aliphatic heterocycles. The summed E-state index contributed by atoms with van der Waals surface area (Å²) in [5.41, 5.74) is 4.05. The second-order valence-corrected chi connectivity index (χ2v) is 5.43. The Balaban J connectivity index is 0.00000225. The number of hydrogen-bond acceptors (Lipinski definition) is 4. The van der Waals surface area contributed by atoms with Gasteiger partial charge < -0.3 is 19.9 Å². The minimum absolute atomic E-state index is 0. The Morgan fingerprint density at radius 3 is 2.60 bits per heavy atom. The molecule has 0 spiro atoms. The predicted octanol–water partition coefficient (Wildman–Crippen LogP) is 2.54. The van der Waals surface area contributed by atoms with Gasteiger partial charge in [0.2, 0.25) is 0 Å². The van der Waals surface area contributed by atoms with Gasteiger partial charge in [-0.1, -0.05) is 6.07 Å². The van der Waals surface area contributed by atoms with Gasteiger partial charge in [0.1, 0.15) is 12.0 Å². The zero-order valence-electron chi connectivity index (χ0n) is 14.0. The number of aldehydes is 1. The van der Waals surface area contributed by atoms with Gasteiger partial charge in [0.25, 0.3) is 0 Å². The molecule has 130 valence electrons. The smallest absolute Gasteiger partial charge is 0.337 e. The largest absolute Gasteiger partial charge is 0.496 e. The topological polar surface area (TPSA) is 99.9 Å². The van der Waals surface area contributed by atoms with E-state index in [0.717, 1.165) is 28.3 Å². The Hall–Kier alpha value is -3.12. The summed E-state index contributed by atoms with van der Waals surface area (Å²) in [6.07, 6.45) is 3.38. The van der Waals surface area contributed by atoms with Crippen LogP contribution in [-0.2, 0) is 11.2 Å². The van der Waals surface area contributed by atoms with Crippen LogP contribution in [0.2, 0.25) is 0 Å². The number of aromatic nitrogens is 1. The van der Waals surface area contributed by atoms with Crippen LogP contribution in [0.15, 0.2) is 42.6 Å². The molecule has 3 N–H and O–H groups in total. The molecule has 1 aromatic heterocycles. The number of benzene rings is 2. The lowest BCUT2D eigenvalue weighted by atomic mass is 10.0. The van der Waals surface area contributed by atoms with E-state index in [0.29, 0.717) is 23.3 Å². The summed E-state index contributed by atoms with van der Waals surface area (Å²) in [5, 5.41) is 0.999. The van der Waals surface area contributed by atoms with E-state index in [1.165, 1.54) is 7.11 Å². The quantitative estimate of drug-likeness (QED) is 0.569. The highest BCUT2D eigenvalue weighted by Crippen LogP contribution is 2.27. The molecule has 6 heteroatoms. The summed E-state index contributed by atoms with van der Waals surface area (Å²) in [4.78, 5) is 25.8. The van der Waals surface area contributed by atoms with Gasteiger partial charge in [-0.15, -0.1) is 0 Å². The first-order valence-corrected chi connectivity index (χ1v) is 7.46. The first-order valence-electron chi connectivity index (χ1n) is 7.46. The number of carbonyl (C=O) groups excluding carboxylic acids is 2. The van der Waals surface area contributed by atoms with E-state index in [4.69, 9.17) is 9.47 Å². The van der Waals surface area contributed by atoms with Crippen LogP contribution in [0.25, 0.3) is 10.9 Å². The molecule has 0 atom stereocenters. The number of nitrogens with one attached hydrogen (secondary N) is 1. The Kier molecular flexibility index (Phi) is 5.56. The number of ether oxygens (including phenoxy) is 2. The zero-order valence-corrected chi connectivity index (χ0v) is 14.0. The summed E-state index contributed by atoms with van der Waals surface area (Å²) >= 11 is 0. The molecule has 0 aliphatic carbocycles. The molecule has 0 saturated carbocycles. The number of fused-ring (bicyclic) bond motifs is 1. The number of rotatable bonds is 5. The van der Waals surface area contributed by atoms with Crippen molar-refractivity contribution in [2.24, 2.45) is 0 Å². The van der Waals surface area contributed by atoms with Crippen LogP contribution in [0.5, 0.6) is 5.75 Å². The number of carbonyl (C=O) groups is 2. The lowest BCUT2D eigenvalue weighted by Gasteiger charge is -2.10. The van der Waals surface area contributed by atoms with Crippen molar-refractivity contribution in [2.45, 2.75) is 6.42 Å². The Morgan fingerprint density at radius 2 is 1.92 bits per heavy atom. The lowest BCUT2D eigenvalue weighted by Crippen LogP contribution is -2.03. The first-order chi connectivity index (χ1) is 11.7. The molecule has 0 radical (unpaired) electrons. The van der Waals surface area contributed by atoms with Crippen molar-refractivity contribution in [3.05, 3.63) is 64.8 Å². The van der Waals surface area contributed by atoms with Crippen LogP contribution in [0, 0.1) is 0 Å². The van der Waals surface area contributed by atoms with Crippen molar-refractivity contribution in [1.29, 1.82) is 0 Å². The van der Waals surface area contributed by atoms with Gasteiger partial charge in [-0.25, -0.2) is 4.79 Å². The van der Waals surface area contributed by atoms with Crippen molar-refractivity contribution < 1.29 is 24.5 Å². The number of esters is 1. The minimum Gasteiger partial charge on any atom is -0.496 e. The van der Waals surface area contributed by atoms with Crippen molar-refractivity contribution in [1.82, 2.24) is 4.98 Å². The molecule has 0 fully saturated rings. The first kappa shape index (κ1) is 18.2. The molecule has 0 aliphatic rings. The standard InChI is InChI=1S/C19H17NO4.H2O/c1-23-18-9-14(19(22)24-2)5-4-13(18)8-15-10-20-17-6-3-12(11-21)7-16(15)17;/h3-7,9-11,20H,8H2,1-2H3;1H2. The average molecular weight is 341 g/mol. The third-order valence-corrected chi connectivity index (χ3v) is 4.02. The molecule has 1 heterocycles. The normalized spacial score (nSPS) is 10.2. The SMILES string of the molecule is COC(=O)c1ccc(Cc2c[nH]c3ccc(C=O)cc23)c(OC)c1.O. The maximum absolute atomic E-state index is 11.6. The fourth-order valence-electron chi connectivity index (χ4n) is 2.76. The summed E-state index contributed by atoms with van der Waals surface area (Å²) in [5.74, 6) is 0.223. The van der Waals surface area contributed by atoms with Gasteiger partial charge in [0.15, 0.2) is 0 Å². The number of hydrogen-bond donors (Lipinski definition) is 1. The monoisotopic (exact) mass is 341 g/mol. The third kappa shape index (κ3) is 3.54. The molecular weight excluding hydrogens is 322 g/mol. The van der Waals surface area contributed by atoms with Crippen LogP contribution < -0.4 is 4.74 Å². The van der Waals surface area contributed by atoms with Gasteiger partial charge >= 0.3 is 5.97 Å². The summed E-state index contributed by atoms with van der Waals surface area (Å²) < 4.78 is 10.1. The Labute approximate surface area is 144 Å². The fraction of sp³-hybridized carbons (Fsp3) is 0.158. The molecule has 0 bridgehead atoms. The highest BCUT2D eigenvalue weighted by atomic mass is 16.5. The molecule has 3 rings (SSSR count). The van der Waals surface area contributed by atoms with Crippen LogP contribution in [0.4, 0.5) is 0 Å². The van der Waals surface area contributed by atoms with Crippen molar-refractivity contribution in [3.63, 3.8) is 0 Å². The molecule has 6 nitrogen and oxygen atoms in total. The van der Waals surface area contributed by atoms with Gasteiger partial charge in [-0.2, -0.15) is 0 Å². The molecule has 0 amide bonds. The number of methoxy groups -OCH3 is 2. The van der Waals surface area contributed by atoms with E-state index in [9.17, 15) is 9.59 Å². The molecular formula is C19H19NO5. The van der Waals surface area contributed by atoms with Crippen molar-refractivity contribution in [3.8, 4) is 5.75 Å². The van der Waals surface area contributed by atoms with E-state index < -0.39 is 5.97 Å². The third-order valence-electron chi connectivity index (χ3n) is 4.02. The van der Waals surface area contributed by atoms with Gasteiger partial charge in [0.05, 0.1) is 19.8 Å². The second kappa shape index (κ2) is 7.63. The summed E-state index contributed by atoms with van der Waals surface area (Å²) in [6, 6.07) is 10.8. The fourth-order valence-corrected chi connectivity index (χ4v) is 2.76. The number of aromatic amines is 1. The van der Waals surface area contributed by atoms with Crippen molar-refractivity contribution in [2.75, 3.05) is 14.2 Å². The lowest BCUT2D eigenvalue weighted by molar-refractivity contribution is 0.0600. The minimum atomic E-state index is -0.400. The molecule has 25 heavy (non-hydrogen) atoms. The van der Waals surface area contributed by atoms with Gasteiger partial charge in [-0.3, -0.25) is 4.79 Å². The van der Waals surface area contributed by atoms with Crippen LogP contribution >= 0.6 is 0 Å². The van der Waals surface area contributed by atoms with Crippen LogP contribution in [0.3, 0.4) is 0 Å². The predicted molar refractivity (Wildman–Crippen MR) is 94.4 cm³/mol. The van der Waals surface area contributed by atoms with E-state index in [1.807, 2.05) is 24.4 Å². The maximum atomic E-state index is 11.6. The van der Waals surface area contributed by atoms with E-state index in [2.05, 4.69) is 4.98 Å². The maximum Gasteiger partial charge on any atom is 0.337 e. The zero-order chi connectivity index (χ0) is 17.1. The summed E-state index contributed by atoms with van der Waals surface area (Å²) in [7, 11) is 2.92. The Bertz CT molecular complexity index is 913. The Morgan fingerprint density at radius 1 is 1.12 bits per heavy atom. The highest BCUT2D eigenvalue weighted by molar-refractivity contribution is 5.91.